The van der Waals surface area contributed by atoms with Crippen LogP contribution in [0.1, 0.15) is 19.8 Å². The van der Waals surface area contributed by atoms with Gasteiger partial charge in [-0.15, -0.1) is 0 Å². The number of aromatic nitrogens is 4. The van der Waals surface area contributed by atoms with Gasteiger partial charge in [0.05, 0.1) is 6.33 Å². The minimum absolute atomic E-state index is 0.00101. The van der Waals surface area contributed by atoms with Gasteiger partial charge in [0, 0.05) is 33.6 Å². The molecule has 0 radical (unpaired) electrons. The Morgan fingerprint density at radius 2 is 2.24 bits per heavy atom. The van der Waals surface area contributed by atoms with Crippen molar-refractivity contribution in [2.45, 2.75) is 19.8 Å². The SMILES string of the molecule is CCCNc1nc(N(C)CCC(=O)NC)c2[nH]cnc2n1. The lowest BCUT2D eigenvalue weighted by molar-refractivity contribution is -0.120. The van der Waals surface area contributed by atoms with E-state index in [9.17, 15) is 4.79 Å². The molecule has 0 aliphatic heterocycles. The Bertz CT molecular complexity index is 610. The summed E-state index contributed by atoms with van der Waals surface area (Å²) in [7, 11) is 3.53. The maximum Gasteiger partial charge on any atom is 0.226 e. The van der Waals surface area contributed by atoms with Gasteiger partial charge in [-0.25, -0.2) is 4.98 Å². The molecule has 8 nitrogen and oxygen atoms in total. The molecule has 0 bridgehead atoms. The Kier molecular flexibility index (Phi) is 4.91. The quantitative estimate of drug-likeness (QED) is 0.696. The van der Waals surface area contributed by atoms with Crippen LogP contribution < -0.4 is 15.5 Å². The van der Waals surface area contributed by atoms with Crippen molar-refractivity contribution in [1.82, 2.24) is 25.3 Å². The number of nitrogens with zero attached hydrogens (tertiary/aromatic N) is 4. The van der Waals surface area contributed by atoms with Crippen LogP contribution >= 0.6 is 0 Å². The molecule has 0 aliphatic rings. The minimum Gasteiger partial charge on any atom is -0.359 e. The van der Waals surface area contributed by atoms with E-state index in [0.717, 1.165) is 24.3 Å². The zero-order valence-electron chi connectivity index (χ0n) is 12.6. The highest BCUT2D eigenvalue weighted by Crippen LogP contribution is 2.21. The number of nitrogens with one attached hydrogen (secondary N) is 3. The van der Waals surface area contributed by atoms with Crippen molar-refractivity contribution < 1.29 is 4.79 Å². The van der Waals surface area contributed by atoms with Gasteiger partial charge in [-0.3, -0.25) is 4.79 Å². The second kappa shape index (κ2) is 6.87. The Balaban J connectivity index is 2.23. The van der Waals surface area contributed by atoms with Crippen LogP contribution in [-0.2, 0) is 4.79 Å². The highest BCUT2D eigenvalue weighted by molar-refractivity contribution is 5.84. The van der Waals surface area contributed by atoms with Gasteiger partial charge in [0.25, 0.3) is 0 Å². The number of amides is 1. The smallest absolute Gasteiger partial charge is 0.226 e. The summed E-state index contributed by atoms with van der Waals surface area (Å²) < 4.78 is 0. The number of imidazole rings is 1. The lowest BCUT2D eigenvalue weighted by Gasteiger charge is -2.18. The predicted molar refractivity (Wildman–Crippen MR) is 82.4 cm³/mol. The Morgan fingerprint density at radius 1 is 1.43 bits per heavy atom. The van der Waals surface area contributed by atoms with E-state index < -0.39 is 0 Å². The number of anilines is 2. The number of hydrogen-bond acceptors (Lipinski definition) is 6. The number of carbonyl (C=O) groups is 1. The number of carbonyl (C=O) groups excluding carboxylic acids is 1. The summed E-state index contributed by atoms with van der Waals surface area (Å²) in [6.07, 6.45) is 2.99. The molecule has 2 aromatic rings. The molecule has 114 valence electrons. The van der Waals surface area contributed by atoms with E-state index in [-0.39, 0.29) is 5.91 Å². The van der Waals surface area contributed by atoms with Gasteiger partial charge in [-0.05, 0) is 6.42 Å². The Morgan fingerprint density at radius 3 is 2.95 bits per heavy atom. The molecule has 21 heavy (non-hydrogen) atoms. The van der Waals surface area contributed by atoms with Gasteiger partial charge in [-0.2, -0.15) is 9.97 Å². The largest absolute Gasteiger partial charge is 0.359 e. The van der Waals surface area contributed by atoms with Crippen LogP contribution in [0, 0.1) is 0 Å². The summed E-state index contributed by atoms with van der Waals surface area (Å²) in [4.78, 5) is 29.4. The van der Waals surface area contributed by atoms with Crippen LogP contribution in [0.5, 0.6) is 0 Å². The molecule has 0 saturated carbocycles. The molecule has 0 aliphatic carbocycles. The van der Waals surface area contributed by atoms with Gasteiger partial charge in [0.2, 0.25) is 11.9 Å². The molecule has 0 saturated heterocycles. The third-order valence-corrected chi connectivity index (χ3v) is 3.11. The third-order valence-electron chi connectivity index (χ3n) is 3.11. The standard InChI is InChI=1S/C13H21N7O/c1-4-6-15-13-18-11-10(16-8-17-11)12(19-13)20(3)7-5-9(21)14-2/h8H,4-7H2,1-3H3,(H,14,21)(H2,15,16,17,18,19). The van der Waals surface area contributed by atoms with Gasteiger partial charge in [-0.1, -0.05) is 6.92 Å². The van der Waals surface area contributed by atoms with Crippen LogP contribution in [0.15, 0.2) is 6.33 Å². The normalized spacial score (nSPS) is 10.6. The van der Waals surface area contributed by atoms with Crippen molar-refractivity contribution in [3.8, 4) is 0 Å². The summed E-state index contributed by atoms with van der Waals surface area (Å²) in [5.41, 5.74) is 1.39. The van der Waals surface area contributed by atoms with Crippen molar-refractivity contribution in [2.24, 2.45) is 0 Å². The molecule has 2 rings (SSSR count). The summed E-state index contributed by atoms with van der Waals surface area (Å²) in [5, 5.41) is 5.78. The van der Waals surface area contributed by atoms with E-state index in [1.807, 2.05) is 11.9 Å². The first-order chi connectivity index (χ1) is 10.2. The van der Waals surface area contributed by atoms with E-state index in [2.05, 4.69) is 37.5 Å². The lowest BCUT2D eigenvalue weighted by Crippen LogP contribution is -2.27. The van der Waals surface area contributed by atoms with Crippen LogP contribution in [0.4, 0.5) is 11.8 Å². The molecule has 8 heteroatoms. The first kappa shape index (κ1) is 15.0. The summed E-state index contributed by atoms with van der Waals surface area (Å²) in [6.45, 7) is 3.45. The van der Waals surface area contributed by atoms with Crippen LogP contribution in [-0.4, -0.2) is 53.0 Å². The monoisotopic (exact) mass is 291 g/mol. The van der Waals surface area contributed by atoms with Crippen LogP contribution in [0.25, 0.3) is 11.2 Å². The van der Waals surface area contributed by atoms with Crippen molar-refractivity contribution in [3.05, 3.63) is 6.33 Å². The molecule has 1 amide bonds. The summed E-state index contributed by atoms with van der Waals surface area (Å²) >= 11 is 0. The minimum atomic E-state index is 0.00101. The summed E-state index contributed by atoms with van der Waals surface area (Å²) in [6, 6.07) is 0. The molecule has 0 atom stereocenters. The zero-order chi connectivity index (χ0) is 15.2. The molecule has 0 spiro atoms. The molecule has 2 aromatic heterocycles. The maximum absolute atomic E-state index is 11.4. The average molecular weight is 291 g/mol. The Labute approximate surface area is 123 Å². The Hall–Kier alpha value is -2.38. The molecule has 0 aromatic carbocycles. The number of hydrogen-bond donors (Lipinski definition) is 3. The fourth-order valence-electron chi connectivity index (χ4n) is 1.91. The van der Waals surface area contributed by atoms with E-state index >= 15 is 0 Å². The van der Waals surface area contributed by atoms with E-state index in [1.165, 1.54) is 0 Å². The van der Waals surface area contributed by atoms with E-state index in [0.29, 0.717) is 24.6 Å². The topological polar surface area (TPSA) is 98.8 Å². The molecular formula is C13H21N7O. The lowest BCUT2D eigenvalue weighted by atomic mass is 10.3. The molecular weight excluding hydrogens is 270 g/mol. The fraction of sp³-hybridized carbons (Fsp3) is 0.538. The molecule has 2 heterocycles. The van der Waals surface area contributed by atoms with Crippen molar-refractivity contribution in [2.75, 3.05) is 37.4 Å². The summed E-state index contributed by atoms with van der Waals surface area (Å²) in [5.74, 6) is 1.29. The van der Waals surface area contributed by atoms with Crippen molar-refractivity contribution in [3.63, 3.8) is 0 Å². The molecule has 0 fully saturated rings. The first-order valence-electron chi connectivity index (χ1n) is 7.02. The van der Waals surface area contributed by atoms with Crippen molar-refractivity contribution >= 4 is 28.8 Å². The van der Waals surface area contributed by atoms with E-state index in [4.69, 9.17) is 0 Å². The first-order valence-corrected chi connectivity index (χ1v) is 7.02. The van der Waals surface area contributed by atoms with Gasteiger partial charge >= 0.3 is 0 Å². The molecule has 3 N–H and O–H groups in total. The average Bonchev–Trinajstić information content (AvgIpc) is 2.97. The number of H-pyrrole nitrogens is 1. The van der Waals surface area contributed by atoms with Gasteiger partial charge < -0.3 is 20.5 Å². The van der Waals surface area contributed by atoms with Crippen LogP contribution in [0.2, 0.25) is 0 Å². The second-order valence-corrected chi connectivity index (χ2v) is 4.74. The second-order valence-electron chi connectivity index (χ2n) is 4.74. The highest BCUT2D eigenvalue weighted by atomic mass is 16.1. The number of rotatable bonds is 7. The van der Waals surface area contributed by atoms with Gasteiger partial charge in [0.15, 0.2) is 11.5 Å². The predicted octanol–water partition coefficient (Wildman–Crippen LogP) is 0.747. The highest BCUT2D eigenvalue weighted by Gasteiger charge is 2.14. The fourth-order valence-corrected chi connectivity index (χ4v) is 1.91. The maximum atomic E-state index is 11.4. The third kappa shape index (κ3) is 3.59. The number of fused-ring (bicyclic) bond motifs is 1. The van der Waals surface area contributed by atoms with Crippen LogP contribution in [0.3, 0.4) is 0 Å². The zero-order valence-corrected chi connectivity index (χ0v) is 12.6. The van der Waals surface area contributed by atoms with Crippen molar-refractivity contribution in [1.29, 1.82) is 0 Å². The number of aromatic amines is 1. The molecule has 0 unspecified atom stereocenters. The van der Waals surface area contributed by atoms with E-state index in [1.54, 1.807) is 13.4 Å². The van der Waals surface area contributed by atoms with Gasteiger partial charge in [0.1, 0.15) is 5.52 Å².